The van der Waals surface area contributed by atoms with Crippen LogP contribution in [0.4, 0.5) is 0 Å². The molecule has 8 fully saturated rings. The number of nitrogens with zero attached hydrogens (tertiary/aromatic N) is 6. The number of hydrogen-bond donors (Lipinski definition) is 4. The van der Waals surface area contributed by atoms with E-state index in [1.807, 2.05) is 24.5 Å². The van der Waals surface area contributed by atoms with E-state index in [1.165, 1.54) is 4.90 Å². The Kier molecular flexibility index (Phi) is 9.23. The van der Waals surface area contributed by atoms with E-state index in [0.29, 0.717) is 58.4 Å². The van der Waals surface area contributed by atoms with Crippen molar-refractivity contribution in [2.24, 2.45) is 11.8 Å². The number of nitrogens with one attached hydrogen (secondary N) is 2. The highest BCUT2D eigenvalue weighted by Gasteiger charge is 2.77. The van der Waals surface area contributed by atoms with Crippen LogP contribution in [0.3, 0.4) is 0 Å². The van der Waals surface area contributed by atoms with Gasteiger partial charge < -0.3 is 39.8 Å². The topological polar surface area (TPSA) is 214 Å². The van der Waals surface area contributed by atoms with Crippen molar-refractivity contribution in [3.63, 3.8) is 0 Å². The summed E-state index contributed by atoms with van der Waals surface area (Å²) in [5.41, 5.74) is -2.57. The van der Waals surface area contributed by atoms with Gasteiger partial charge in [-0.05, 0) is 44.4 Å². The Hall–Kier alpha value is -3.40. The molecule has 0 aromatic heterocycles. The van der Waals surface area contributed by atoms with Crippen LogP contribution >= 0.6 is 0 Å². The van der Waals surface area contributed by atoms with Crippen molar-refractivity contribution in [3.8, 4) is 0 Å². The van der Waals surface area contributed by atoms with Gasteiger partial charge in [0.05, 0.1) is 64.8 Å². The third-order valence-electron chi connectivity index (χ3n) is 12.1. The number of carbonyl (C=O) groups excluding carboxylic acids is 6. The molecule has 6 unspecified atom stereocenters. The molecule has 52 heavy (non-hydrogen) atoms. The molecule has 7 atom stereocenters. The number of carbonyl (C=O) groups is 6. The molecular formula is C32H47BN8O11. The monoisotopic (exact) mass is 730 g/mol. The van der Waals surface area contributed by atoms with Crippen molar-refractivity contribution in [2.45, 2.75) is 61.8 Å². The summed E-state index contributed by atoms with van der Waals surface area (Å²) in [5.74, 6) is -4.17. The zero-order valence-corrected chi connectivity index (χ0v) is 29.2. The molecule has 8 rings (SSSR count). The van der Waals surface area contributed by atoms with Gasteiger partial charge in [0.25, 0.3) is 0 Å². The van der Waals surface area contributed by atoms with Crippen molar-refractivity contribution in [2.75, 3.05) is 91.6 Å². The number of piperazine rings is 1. The molecule has 3 spiro atoms. The molecule has 8 aliphatic rings. The third-order valence-corrected chi connectivity index (χ3v) is 12.1. The van der Waals surface area contributed by atoms with Gasteiger partial charge in [-0.15, -0.1) is 0 Å². The lowest BCUT2D eigenvalue weighted by Gasteiger charge is -2.60. The Morgan fingerprint density at radius 2 is 1.46 bits per heavy atom. The second-order valence-corrected chi connectivity index (χ2v) is 15.8. The van der Waals surface area contributed by atoms with E-state index in [9.17, 15) is 38.8 Å². The Labute approximate surface area is 300 Å². The number of esters is 3. The molecule has 7 saturated heterocycles. The van der Waals surface area contributed by atoms with Gasteiger partial charge in [-0.1, -0.05) is 0 Å². The predicted octanol–water partition coefficient (Wildman–Crippen LogP) is -4.70. The molecule has 20 heteroatoms. The molecule has 6 bridgehead atoms. The molecule has 1 aliphatic carbocycles. The van der Waals surface area contributed by atoms with Crippen LogP contribution in [-0.4, -0.2) is 197 Å². The summed E-state index contributed by atoms with van der Waals surface area (Å²) in [6, 6.07) is 0. The minimum absolute atomic E-state index is 0.0102. The second kappa shape index (κ2) is 13.5. The number of hydrogen-bond acceptors (Lipinski definition) is 16. The van der Waals surface area contributed by atoms with E-state index in [0.717, 1.165) is 12.8 Å². The Morgan fingerprint density at radius 3 is 2.21 bits per heavy atom. The van der Waals surface area contributed by atoms with Gasteiger partial charge in [-0.25, -0.2) is 4.90 Å². The first-order valence-electron chi connectivity index (χ1n) is 18.5. The molecule has 284 valence electrons. The summed E-state index contributed by atoms with van der Waals surface area (Å²) in [7, 11) is -1.61. The van der Waals surface area contributed by atoms with E-state index < -0.39 is 48.3 Å². The minimum Gasteiger partial charge on any atom is -0.440 e. The molecule has 4 N–H and O–H groups in total. The lowest BCUT2D eigenvalue weighted by molar-refractivity contribution is -0.346. The summed E-state index contributed by atoms with van der Waals surface area (Å²) < 4.78 is 18.4. The average Bonchev–Trinajstić information content (AvgIpc) is 3.65. The molecule has 0 aromatic carbocycles. The predicted molar refractivity (Wildman–Crippen MR) is 176 cm³/mol. The van der Waals surface area contributed by atoms with Crippen LogP contribution < -0.4 is 10.6 Å². The lowest BCUT2D eigenvalue weighted by atomic mass is 9.78. The van der Waals surface area contributed by atoms with Crippen molar-refractivity contribution in [1.29, 1.82) is 0 Å². The Bertz CT molecular complexity index is 1520. The van der Waals surface area contributed by atoms with E-state index in [-0.39, 0.29) is 88.5 Å². The van der Waals surface area contributed by atoms with Gasteiger partial charge in [0.1, 0.15) is 6.54 Å². The lowest BCUT2D eigenvalue weighted by Crippen LogP contribution is -2.83. The highest BCUT2D eigenvalue weighted by Crippen LogP contribution is 2.52. The van der Waals surface area contributed by atoms with Gasteiger partial charge in [0.15, 0.2) is 11.4 Å². The summed E-state index contributed by atoms with van der Waals surface area (Å²) in [6.45, 7) is 2.79. The number of morpholine rings is 3. The van der Waals surface area contributed by atoms with Crippen LogP contribution in [0.5, 0.6) is 0 Å². The van der Waals surface area contributed by atoms with Crippen LogP contribution in [0.1, 0.15) is 38.5 Å². The van der Waals surface area contributed by atoms with Crippen LogP contribution in [0.2, 0.25) is 0 Å². The normalized spacial score (nSPS) is 39.9. The molecule has 19 nitrogen and oxygen atoms in total. The van der Waals surface area contributed by atoms with Crippen molar-refractivity contribution in [3.05, 3.63) is 0 Å². The first-order valence-corrected chi connectivity index (χ1v) is 18.5. The maximum absolute atomic E-state index is 13.5. The number of ether oxygens (including phenoxy) is 3. The summed E-state index contributed by atoms with van der Waals surface area (Å²) in [6.07, 6.45) is 3.90. The summed E-state index contributed by atoms with van der Waals surface area (Å²) in [4.78, 5) is 88.9. The zero-order chi connectivity index (χ0) is 36.4. The molecular weight excluding hydrogens is 683 g/mol. The largest absolute Gasteiger partial charge is 0.475 e. The van der Waals surface area contributed by atoms with Gasteiger partial charge in [-0.2, -0.15) is 4.90 Å². The third kappa shape index (κ3) is 6.34. The Balaban J connectivity index is 0.882. The minimum atomic E-state index is -1.61. The highest BCUT2D eigenvalue weighted by atomic mass is 16.7. The summed E-state index contributed by atoms with van der Waals surface area (Å²) >= 11 is 0. The Morgan fingerprint density at radius 1 is 0.769 bits per heavy atom. The maximum atomic E-state index is 13.5. The average molecular weight is 731 g/mol. The highest BCUT2D eigenvalue weighted by molar-refractivity contribution is 6.43. The first kappa shape index (κ1) is 35.6. The summed E-state index contributed by atoms with van der Waals surface area (Å²) in [5, 5.41) is 24.9. The van der Waals surface area contributed by atoms with Crippen molar-refractivity contribution < 1.29 is 53.0 Å². The van der Waals surface area contributed by atoms with Crippen LogP contribution in [-0.2, 0) is 43.0 Å². The van der Waals surface area contributed by atoms with Crippen molar-refractivity contribution in [1.82, 2.24) is 40.0 Å². The molecule has 7 heterocycles. The zero-order valence-electron chi connectivity index (χ0n) is 29.2. The van der Waals surface area contributed by atoms with Crippen LogP contribution in [0, 0.1) is 11.8 Å². The first-order chi connectivity index (χ1) is 24.9. The second-order valence-electron chi connectivity index (χ2n) is 15.8. The van der Waals surface area contributed by atoms with Crippen molar-refractivity contribution >= 4 is 42.7 Å². The molecule has 0 aromatic rings. The van der Waals surface area contributed by atoms with Gasteiger partial charge in [0.2, 0.25) is 23.6 Å². The van der Waals surface area contributed by atoms with Crippen LogP contribution in [0.15, 0.2) is 0 Å². The smallest absolute Gasteiger partial charge is 0.440 e. The molecule has 0 radical (unpaired) electrons. The number of fused-ring (bicyclic) bond motifs is 3. The van der Waals surface area contributed by atoms with E-state index in [4.69, 9.17) is 14.2 Å². The number of rotatable bonds is 8. The van der Waals surface area contributed by atoms with E-state index in [2.05, 4.69) is 10.6 Å². The van der Waals surface area contributed by atoms with E-state index in [1.54, 1.807) is 0 Å². The van der Waals surface area contributed by atoms with Gasteiger partial charge in [-0.3, -0.25) is 43.5 Å². The maximum Gasteiger partial charge on any atom is 0.475 e. The molecule has 7 aliphatic heterocycles. The number of likely N-dealkylation sites (tertiary alicyclic amines) is 1. The molecule has 3 amide bonds. The molecule has 1 saturated carbocycles. The van der Waals surface area contributed by atoms with Crippen LogP contribution in [0.25, 0.3) is 0 Å². The van der Waals surface area contributed by atoms with Gasteiger partial charge >= 0.3 is 25.0 Å². The fraction of sp³-hybridized carbons (Fsp3) is 0.812. The quantitative estimate of drug-likeness (QED) is 0.105. The number of amides is 3. The van der Waals surface area contributed by atoms with E-state index >= 15 is 0 Å². The van der Waals surface area contributed by atoms with Gasteiger partial charge in [0, 0.05) is 32.1 Å². The fourth-order valence-corrected chi connectivity index (χ4v) is 10.1. The fourth-order valence-electron chi connectivity index (χ4n) is 10.1. The SMILES string of the molecule is O=C(CN1CCN2CC(=O)OC3(C2)N2CC(=O)OC4(CN5CC(=O)OC(C1)(C5)N43)C2)NCC1CCC(C(=O)NCC(=O)N2CCC[C@H]2B(O)O)CC1. The standard InChI is InChI=1S/C32H47BN8O11/c42-24(34-10-21-3-5-22(6-4-21)29(47)35-11-25(43)40-7-1-2-23(40)33(48)49)12-36-8-9-37-13-27(45)52-32(20-37)39-15-28(46)51-31(19-39)18-38-14-26(44)50-30(16-36,17-38)41(31)32/h21-23,48-49H,1-20H2,(H,34,42)(H,35,47)/t21?,22?,23-,30?,31?,32?/m0/s1.